The molecule has 1 aliphatic rings. The van der Waals surface area contributed by atoms with Crippen LogP contribution in [-0.2, 0) is 19.0 Å². The van der Waals surface area contributed by atoms with Gasteiger partial charge in [0.1, 0.15) is 0 Å². The lowest BCUT2D eigenvalue weighted by molar-refractivity contribution is -0.122. The number of ether oxygens (including phenoxy) is 3. The van der Waals surface area contributed by atoms with Crippen molar-refractivity contribution in [2.45, 2.75) is 6.92 Å². The third-order valence-electron chi connectivity index (χ3n) is 6.72. The summed E-state index contributed by atoms with van der Waals surface area (Å²) in [5.41, 5.74) is 4.09. The maximum Gasteiger partial charge on any atom is 0.340 e. The van der Waals surface area contributed by atoms with E-state index < -0.39 is 11.9 Å². The van der Waals surface area contributed by atoms with Crippen molar-refractivity contribution in [3.63, 3.8) is 0 Å². The molecule has 0 radical (unpaired) electrons. The van der Waals surface area contributed by atoms with E-state index in [1.54, 1.807) is 13.0 Å². The molecule has 9 nitrogen and oxygen atoms in total. The van der Waals surface area contributed by atoms with Crippen LogP contribution in [0.25, 0.3) is 6.08 Å². The molecule has 9 heteroatoms. The Morgan fingerprint density at radius 1 is 0.814 bits per heavy atom. The van der Waals surface area contributed by atoms with Crippen molar-refractivity contribution in [2.75, 3.05) is 25.7 Å². The number of rotatable bonds is 8. The molecule has 1 aliphatic heterocycles. The summed E-state index contributed by atoms with van der Waals surface area (Å²) < 4.78 is 15.6. The molecule has 0 bridgehead atoms. The molecule has 0 spiro atoms. The van der Waals surface area contributed by atoms with Gasteiger partial charge in [-0.3, -0.25) is 9.69 Å². The first kappa shape index (κ1) is 28.8. The molecule has 0 unspecified atom stereocenters. The zero-order valence-electron chi connectivity index (χ0n) is 23.9. The Kier molecular flexibility index (Phi) is 8.62. The van der Waals surface area contributed by atoms with Crippen LogP contribution < -0.4 is 4.90 Å². The van der Waals surface area contributed by atoms with E-state index in [2.05, 4.69) is 9.89 Å². The molecule has 1 heterocycles. The molecule has 1 amide bonds. The van der Waals surface area contributed by atoms with Gasteiger partial charge in [-0.1, -0.05) is 48.5 Å². The zero-order chi connectivity index (χ0) is 30.3. The van der Waals surface area contributed by atoms with Gasteiger partial charge in [0.05, 0.1) is 31.0 Å². The molecule has 0 saturated carbocycles. The molecular formula is C34H29N3O6. The first-order valence-corrected chi connectivity index (χ1v) is 13.5. The van der Waals surface area contributed by atoms with Crippen LogP contribution in [0.15, 0.2) is 114 Å². The highest BCUT2D eigenvalue weighted by Gasteiger charge is 2.34. The second-order valence-corrected chi connectivity index (χ2v) is 9.37. The Labute approximate surface area is 249 Å². The zero-order valence-corrected chi connectivity index (χ0v) is 23.9. The van der Waals surface area contributed by atoms with Gasteiger partial charge in [0, 0.05) is 23.6 Å². The summed E-state index contributed by atoms with van der Waals surface area (Å²) in [7, 11) is 2.50. The van der Waals surface area contributed by atoms with E-state index in [1.165, 1.54) is 37.3 Å². The largest absolute Gasteiger partial charge is 0.465 e. The predicted molar refractivity (Wildman–Crippen MR) is 164 cm³/mol. The van der Waals surface area contributed by atoms with Crippen molar-refractivity contribution in [3.05, 3.63) is 126 Å². The Morgan fingerprint density at radius 2 is 1.40 bits per heavy atom. The van der Waals surface area contributed by atoms with Crippen molar-refractivity contribution in [1.82, 2.24) is 4.90 Å². The third kappa shape index (κ3) is 6.15. The summed E-state index contributed by atoms with van der Waals surface area (Å²) in [6.45, 7) is 2.05. The molecule has 0 aliphatic carbocycles. The summed E-state index contributed by atoms with van der Waals surface area (Å²) >= 11 is 0. The predicted octanol–water partition coefficient (Wildman–Crippen LogP) is 6.64. The second-order valence-electron chi connectivity index (χ2n) is 9.37. The van der Waals surface area contributed by atoms with Gasteiger partial charge in [-0.15, -0.1) is 0 Å². The first-order chi connectivity index (χ1) is 20.9. The Hall–Kier alpha value is -5.70. The smallest absolute Gasteiger partial charge is 0.340 e. The number of benzene rings is 4. The van der Waals surface area contributed by atoms with E-state index in [0.717, 1.165) is 22.6 Å². The van der Waals surface area contributed by atoms with Gasteiger partial charge in [0.25, 0.3) is 5.91 Å². The molecule has 4 aromatic rings. The third-order valence-corrected chi connectivity index (χ3v) is 6.72. The molecule has 43 heavy (non-hydrogen) atoms. The lowest BCUT2D eigenvalue weighted by atomic mass is 10.1. The number of methoxy groups -OCH3 is 2. The summed E-state index contributed by atoms with van der Waals surface area (Å²) in [4.78, 5) is 45.7. The van der Waals surface area contributed by atoms with Gasteiger partial charge >= 0.3 is 18.0 Å². The summed E-state index contributed by atoms with van der Waals surface area (Å²) in [6, 6.07) is 32.0. The lowest BCUT2D eigenvalue weighted by Crippen LogP contribution is -2.29. The Balaban J connectivity index is 1.47. The van der Waals surface area contributed by atoms with E-state index in [4.69, 9.17) is 14.2 Å². The summed E-state index contributed by atoms with van der Waals surface area (Å²) in [6.07, 6.45) is 1.64. The van der Waals surface area contributed by atoms with Crippen molar-refractivity contribution in [3.8, 4) is 0 Å². The molecule has 4 aromatic carbocycles. The minimum absolute atomic E-state index is 0.0260. The number of para-hydroxylation sites is 2. The standard InChI is InChI=1S/C34H29N3O6/c1-4-36-31(38)30(43-34(36)35-29-22-24(32(39)41-2)17-20-28(29)33(40)42-3)21-23-15-18-27(19-16-23)37(25-11-7-5-8-12-25)26-13-9-6-10-14-26/h5-22H,4H2,1-3H3/b30-21+,35-34+. The number of esters is 2. The number of hydrogen-bond acceptors (Lipinski definition) is 8. The number of amidine groups is 1. The van der Waals surface area contributed by atoms with E-state index in [1.807, 2.05) is 84.9 Å². The number of hydrogen-bond donors (Lipinski definition) is 0. The number of anilines is 3. The lowest BCUT2D eigenvalue weighted by Gasteiger charge is -2.25. The Bertz CT molecular complexity index is 1660. The van der Waals surface area contributed by atoms with E-state index in [9.17, 15) is 14.4 Å². The fraction of sp³-hybridized carbons (Fsp3) is 0.118. The molecule has 0 atom stereocenters. The summed E-state index contributed by atoms with van der Waals surface area (Å²) in [5.74, 6) is -1.57. The monoisotopic (exact) mass is 575 g/mol. The van der Waals surface area contributed by atoms with Crippen LogP contribution in [0.5, 0.6) is 0 Å². The number of carbonyl (C=O) groups excluding carboxylic acids is 3. The van der Waals surface area contributed by atoms with Gasteiger partial charge in [0.2, 0.25) is 0 Å². The topological polar surface area (TPSA) is 97.7 Å². The average molecular weight is 576 g/mol. The van der Waals surface area contributed by atoms with E-state index in [0.29, 0.717) is 0 Å². The molecule has 1 fully saturated rings. The normalized spacial score (nSPS) is 14.5. The molecular weight excluding hydrogens is 546 g/mol. The Morgan fingerprint density at radius 3 is 1.95 bits per heavy atom. The minimum atomic E-state index is -0.654. The van der Waals surface area contributed by atoms with Crippen molar-refractivity contribution in [2.24, 2.45) is 4.99 Å². The highest BCUT2D eigenvalue weighted by Crippen LogP contribution is 2.34. The van der Waals surface area contributed by atoms with Gasteiger partial charge < -0.3 is 19.1 Å². The van der Waals surface area contributed by atoms with Crippen LogP contribution in [0.1, 0.15) is 33.2 Å². The van der Waals surface area contributed by atoms with Crippen LogP contribution in [0.4, 0.5) is 22.7 Å². The molecule has 0 aromatic heterocycles. The SMILES string of the molecule is CCN1C(=O)/C(=C\c2ccc(N(c3ccccc3)c3ccccc3)cc2)O/C1=N/c1cc(C(=O)OC)ccc1C(=O)OC. The van der Waals surface area contributed by atoms with Crippen LogP contribution >= 0.6 is 0 Å². The number of aliphatic imine (C=N–C) groups is 1. The number of carbonyl (C=O) groups is 3. The first-order valence-electron chi connectivity index (χ1n) is 13.5. The highest BCUT2D eigenvalue weighted by molar-refractivity contribution is 6.12. The van der Waals surface area contributed by atoms with Gasteiger partial charge in [-0.05, 0) is 73.2 Å². The molecule has 5 rings (SSSR count). The van der Waals surface area contributed by atoms with Crippen LogP contribution in [-0.4, -0.2) is 49.5 Å². The van der Waals surface area contributed by atoms with Crippen molar-refractivity contribution >= 4 is 52.7 Å². The maximum atomic E-state index is 13.3. The second kappa shape index (κ2) is 12.9. The van der Waals surface area contributed by atoms with Crippen molar-refractivity contribution in [1.29, 1.82) is 0 Å². The average Bonchev–Trinajstić information content (AvgIpc) is 3.34. The minimum Gasteiger partial charge on any atom is -0.465 e. The van der Waals surface area contributed by atoms with Gasteiger partial charge in [-0.2, -0.15) is 4.99 Å². The van der Waals surface area contributed by atoms with E-state index >= 15 is 0 Å². The van der Waals surface area contributed by atoms with Crippen LogP contribution in [0.2, 0.25) is 0 Å². The maximum absolute atomic E-state index is 13.3. The molecule has 1 saturated heterocycles. The molecule has 216 valence electrons. The van der Waals surface area contributed by atoms with Gasteiger partial charge in [-0.25, -0.2) is 9.59 Å². The number of nitrogens with zero attached hydrogens (tertiary/aromatic N) is 3. The fourth-order valence-corrected chi connectivity index (χ4v) is 4.60. The van der Waals surface area contributed by atoms with Gasteiger partial charge in [0.15, 0.2) is 5.76 Å². The quantitative estimate of drug-likeness (QED) is 0.172. The number of likely N-dealkylation sites (N-methyl/N-ethyl adjacent to an activating group) is 1. The highest BCUT2D eigenvalue weighted by atomic mass is 16.5. The van der Waals surface area contributed by atoms with Crippen LogP contribution in [0.3, 0.4) is 0 Å². The molecule has 0 N–H and O–H groups in total. The fourth-order valence-electron chi connectivity index (χ4n) is 4.60. The van der Waals surface area contributed by atoms with Crippen molar-refractivity contribution < 1.29 is 28.6 Å². The number of amides is 1. The summed E-state index contributed by atoms with van der Waals surface area (Å²) in [5, 5.41) is 0. The van der Waals surface area contributed by atoms with E-state index in [-0.39, 0.29) is 41.0 Å². The van der Waals surface area contributed by atoms with Crippen LogP contribution in [0, 0.1) is 0 Å².